The number of hydrogen-bond donors (Lipinski definition) is 2. The number of fused-ring (bicyclic) bond motifs is 1. The molecule has 1 saturated carbocycles. The van der Waals surface area contributed by atoms with Crippen LogP contribution in [0.5, 0.6) is 0 Å². The van der Waals surface area contributed by atoms with Crippen molar-refractivity contribution in [3.63, 3.8) is 0 Å². The maximum Gasteiger partial charge on any atom is 0.239 e. The van der Waals surface area contributed by atoms with Crippen LogP contribution in [0.2, 0.25) is 5.02 Å². The van der Waals surface area contributed by atoms with Gasteiger partial charge in [0.05, 0.1) is 23.8 Å². The first-order valence-corrected chi connectivity index (χ1v) is 20.0. The van der Waals surface area contributed by atoms with Crippen LogP contribution in [0.15, 0.2) is 30.6 Å². The molecule has 2 amide bonds. The largest absolute Gasteiger partial charge is 0.387 e. The van der Waals surface area contributed by atoms with Gasteiger partial charge in [0.15, 0.2) is 0 Å². The van der Waals surface area contributed by atoms with Crippen molar-refractivity contribution in [2.24, 2.45) is 17.6 Å². The van der Waals surface area contributed by atoms with Crippen LogP contribution < -0.4 is 10.6 Å². The summed E-state index contributed by atoms with van der Waals surface area (Å²) in [4.78, 5) is 47.6. The highest BCUT2D eigenvalue weighted by Crippen LogP contribution is 2.35. The molecular formula is C39H57ClN8O3. The number of nitrogens with zero attached hydrogens (tertiary/aromatic N) is 7. The molecule has 3 saturated heterocycles. The molecule has 4 fully saturated rings. The Hall–Kier alpha value is -2.83. The van der Waals surface area contributed by atoms with E-state index in [1.165, 1.54) is 19.3 Å². The summed E-state index contributed by atoms with van der Waals surface area (Å²) < 4.78 is 0. The van der Waals surface area contributed by atoms with Gasteiger partial charge in [-0.2, -0.15) is 0 Å². The predicted molar refractivity (Wildman–Crippen MR) is 200 cm³/mol. The van der Waals surface area contributed by atoms with E-state index in [0.717, 1.165) is 114 Å². The first kappa shape index (κ1) is 36.5. The number of rotatable bonds is 10. The molecule has 51 heavy (non-hydrogen) atoms. The predicted octanol–water partition coefficient (Wildman–Crippen LogP) is 3.70. The highest BCUT2D eigenvalue weighted by molar-refractivity contribution is 6.30. The number of anilines is 1. The van der Waals surface area contributed by atoms with Gasteiger partial charge >= 0.3 is 0 Å². The summed E-state index contributed by atoms with van der Waals surface area (Å²) in [5.41, 5.74) is 9.29. The van der Waals surface area contributed by atoms with E-state index >= 15 is 0 Å². The molecule has 0 spiro atoms. The highest BCUT2D eigenvalue weighted by Gasteiger charge is 2.34. The summed E-state index contributed by atoms with van der Waals surface area (Å²) in [6.07, 6.45) is 11.5. The maximum absolute atomic E-state index is 14.1. The SMILES string of the molecule is N[C@@H](C(=O)N1CCN(CC2CCN(CC[C@H](C(=O)N3CCN(c4ncnc5c4CC[C@H]5O)CC3)c3ccc(Cl)cc3)CC2)CC1)C1CCCCC1. The Kier molecular flexibility index (Phi) is 12.1. The minimum atomic E-state index is -0.509. The Balaban J connectivity index is 0.871. The minimum absolute atomic E-state index is 0.166. The van der Waals surface area contributed by atoms with Crippen molar-refractivity contribution in [2.45, 2.75) is 82.3 Å². The van der Waals surface area contributed by atoms with Gasteiger partial charge < -0.3 is 30.4 Å². The Bertz CT molecular complexity index is 1470. The molecular weight excluding hydrogens is 664 g/mol. The number of piperidine rings is 1. The topological polar surface area (TPSA) is 122 Å². The molecule has 3 N–H and O–H groups in total. The third kappa shape index (κ3) is 8.70. The lowest BCUT2D eigenvalue weighted by Gasteiger charge is -2.40. The number of likely N-dealkylation sites (tertiary alicyclic amines) is 1. The lowest BCUT2D eigenvalue weighted by Crippen LogP contribution is -2.55. The second kappa shape index (κ2) is 16.9. The summed E-state index contributed by atoms with van der Waals surface area (Å²) in [5.74, 6) is 2.07. The fourth-order valence-corrected chi connectivity index (χ4v) is 9.37. The number of hydrogen-bond acceptors (Lipinski definition) is 9. The molecule has 7 rings (SSSR count). The van der Waals surface area contributed by atoms with Crippen LogP contribution in [0, 0.1) is 11.8 Å². The van der Waals surface area contributed by atoms with Gasteiger partial charge in [-0.15, -0.1) is 0 Å². The number of aromatic nitrogens is 2. The molecule has 12 heteroatoms. The van der Waals surface area contributed by atoms with Crippen molar-refractivity contribution in [2.75, 3.05) is 83.4 Å². The number of amides is 2. The molecule has 2 aliphatic carbocycles. The van der Waals surface area contributed by atoms with Gasteiger partial charge in [-0.3, -0.25) is 14.5 Å². The van der Waals surface area contributed by atoms with E-state index in [9.17, 15) is 14.7 Å². The van der Waals surface area contributed by atoms with Crippen LogP contribution in [-0.2, 0) is 16.0 Å². The van der Waals surface area contributed by atoms with Crippen LogP contribution in [0.4, 0.5) is 5.82 Å². The summed E-state index contributed by atoms with van der Waals surface area (Å²) in [5, 5.41) is 11.0. The van der Waals surface area contributed by atoms with E-state index in [1.54, 1.807) is 6.33 Å². The molecule has 0 unspecified atom stereocenters. The molecule has 11 nitrogen and oxygen atoms in total. The Morgan fingerprint density at radius 2 is 1.47 bits per heavy atom. The van der Waals surface area contributed by atoms with Crippen molar-refractivity contribution in [1.29, 1.82) is 0 Å². The normalized spacial score (nSPS) is 24.1. The van der Waals surface area contributed by atoms with Gasteiger partial charge in [0.1, 0.15) is 12.1 Å². The second-order valence-corrected chi connectivity index (χ2v) is 16.1. The van der Waals surface area contributed by atoms with Crippen LogP contribution in [0.3, 0.4) is 0 Å². The molecule has 4 heterocycles. The molecule has 3 aliphatic heterocycles. The van der Waals surface area contributed by atoms with Crippen molar-refractivity contribution >= 4 is 29.2 Å². The van der Waals surface area contributed by atoms with Crippen molar-refractivity contribution < 1.29 is 14.7 Å². The van der Waals surface area contributed by atoms with Crippen LogP contribution in [0.1, 0.15) is 86.6 Å². The second-order valence-electron chi connectivity index (χ2n) is 15.7. The number of carbonyl (C=O) groups excluding carboxylic acids is 2. The van der Waals surface area contributed by atoms with Crippen molar-refractivity contribution in [3.8, 4) is 0 Å². The molecule has 2 aromatic rings. The Labute approximate surface area is 308 Å². The molecule has 0 bridgehead atoms. The Morgan fingerprint density at radius 3 is 2.18 bits per heavy atom. The average molecular weight is 721 g/mol. The fraction of sp³-hybridized carbons (Fsp3) is 0.692. The number of benzene rings is 1. The molecule has 1 aromatic heterocycles. The van der Waals surface area contributed by atoms with E-state index in [0.29, 0.717) is 49.5 Å². The number of carbonyl (C=O) groups is 2. The highest BCUT2D eigenvalue weighted by atomic mass is 35.5. The standard InChI is InChI=1S/C39H57ClN8O3/c40-31-8-6-29(7-9-31)32(38(50)47-24-22-46(23-25-47)37-33-10-11-34(49)36(33)42-27-43-37)14-17-44-15-12-28(13-16-44)26-45-18-20-48(21-19-45)39(51)35(41)30-4-2-1-3-5-30/h6-9,27-28,30,32,34-35,49H,1-5,10-26,41H2/t32-,34+,35+/m0/s1. The smallest absolute Gasteiger partial charge is 0.239 e. The molecule has 278 valence electrons. The lowest BCUT2D eigenvalue weighted by molar-refractivity contribution is -0.136. The third-order valence-corrected chi connectivity index (χ3v) is 12.7. The van der Waals surface area contributed by atoms with Gasteiger partial charge in [0.2, 0.25) is 11.8 Å². The lowest BCUT2D eigenvalue weighted by atomic mass is 9.83. The van der Waals surface area contributed by atoms with E-state index in [-0.39, 0.29) is 23.8 Å². The zero-order chi connectivity index (χ0) is 35.3. The quantitative estimate of drug-likeness (QED) is 0.379. The number of aliphatic hydroxyl groups excluding tert-OH is 1. The monoisotopic (exact) mass is 720 g/mol. The number of halogens is 1. The zero-order valence-electron chi connectivity index (χ0n) is 30.2. The average Bonchev–Trinajstić information content (AvgIpc) is 3.56. The molecule has 0 radical (unpaired) electrons. The van der Waals surface area contributed by atoms with Crippen LogP contribution >= 0.6 is 11.6 Å². The fourth-order valence-electron chi connectivity index (χ4n) is 9.25. The van der Waals surface area contributed by atoms with Gasteiger partial charge in [-0.1, -0.05) is 43.0 Å². The number of nitrogens with two attached hydrogens (primary N) is 1. The van der Waals surface area contributed by atoms with Crippen LogP contribution in [-0.4, -0.2) is 131 Å². The first-order valence-electron chi connectivity index (χ1n) is 19.6. The summed E-state index contributed by atoms with van der Waals surface area (Å²) in [6, 6.07) is 7.49. The minimum Gasteiger partial charge on any atom is -0.387 e. The molecule has 3 atom stereocenters. The van der Waals surface area contributed by atoms with Crippen molar-refractivity contribution in [1.82, 2.24) is 29.6 Å². The molecule has 1 aromatic carbocycles. The van der Waals surface area contributed by atoms with Gasteiger partial charge in [-0.05, 0) is 94.1 Å². The van der Waals surface area contributed by atoms with E-state index in [4.69, 9.17) is 17.3 Å². The van der Waals surface area contributed by atoms with E-state index in [1.807, 2.05) is 34.1 Å². The van der Waals surface area contributed by atoms with E-state index < -0.39 is 6.10 Å². The van der Waals surface area contributed by atoms with E-state index in [2.05, 4.69) is 24.7 Å². The first-order chi connectivity index (χ1) is 24.8. The van der Waals surface area contributed by atoms with Gasteiger partial charge in [0.25, 0.3) is 0 Å². The number of aliphatic hydroxyl groups is 1. The van der Waals surface area contributed by atoms with Gasteiger partial charge in [-0.25, -0.2) is 9.97 Å². The zero-order valence-corrected chi connectivity index (χ0v) is 30.9. The number of piperazine rings is 2. The Morgan fingerprint density at radius 1 is 0.804 bits per heavy atom. The van der Waals surface area contributed by atoms with Crippen molar-refractivity contribution in [3.05, 3.63) is 52.4 Å². The summed E-state index contributed by atoms with van der Waals surface area (Å²) in [6.45, 7) is 10.3. The molecule has 5 aliphatic rings. The maximum atomic E-state index is 14.1. The van der Waals surface area contributed by atoms with Gasteiger partial charge in [0, 0.05) is 69.5 Å². The van der Waals surface area contributed by atoms with Crippen LogP contribution in [0.25, 0.3) is 0 Å². The summed E-state index contributed by atoms with van der Waals surface area (Å²) >= 11 is 6.25. The third-order valence-electron chi connectivity index (χ3n) is 12.5. The summed E-state index contributed by atoms with van der Waals surface area (Å²) in [7, 11) is 0.